The highest BCUT2D eigenvalue weighted by molar-refractivity contribution is 7.04. The van der Waals surface area contributed by atoms with Crippen LogP contribution in [0.25, 0.3) is 26.8 Å². The van der Waals surface area contributed by atoms with Crippen molar-refractivity contribution in [2.24, 2.45) is 0 Å². The van der Waals surface area contributed by atoms with Crippen LogP contribution in [0.3, 0.4) is 0 Å². The van der Waals surface area contributed by atoms with E-state index in [1.165, 1.54) is 58.3 Å². The number of furan rings is 2. The largest absolute Gasteiger partial charge is 0.468 e. The van der Waals surface area contributed by atoms with Gasteiger partial charge in [-0.2, -0.15) is 5.26 Å². The highest BCUT2D eigenvalue weighted by atomic mass is 19.2. The number of rotatable bonds is 5. The lowest BCUT2D eigenvalue weighted by atomic mass is 9.30. The van der Waals surface area contributed by atoms with Gasteiger partial charge in [0.1, 0.15) is 51.4 Å². The minimum Gasteiger partial charge on any atom is -0.468 e. The summed E-state index contributed by atoms with van der Waals surface area (Å²) in [6, 6.07) is 49.0. The van der Waals surface area contributed by atoms with Crippen LogP contribution >= 0.6 is 0 Å². The van der Waals surface area contributed by atoms with E-state index in [0.717, 1.165) is 5.56 Å². The quantitative estimate of drug-likeness (QED) is 0.0951. The number of halogens is 8. The Bertz CT molecular complexity index is 7090. The number of aryl methyl sites for hydroxylation is 3. The van der Waals surface area contributed by atoms with Crippen LogP contribution in [0.5, 0.6) is 11.5 Å². The summed E-state index contributed by atoms with van der Waals surface area (Å²) in [6.45, 7) is 39.4. The number of hydrogen-bond donors (Lipinski definition) is 0. The molecular weight excluding hydrogens is 1540 g/mol. The van der Waals surface area contributed by atoms with Crippen LogP contribution in [0.2, 0.25) is 0 Å². The molecule has 0 bridgehead atoms. The molecule has 0 N–H and O–H groups in total. The van der Waals surface area contributed by atoms with Crippen LogP contribution in [-0.4, -0.2) is 20.1 Å². The third-order valence-electron chi connectivity index (χ3n) is 25.4. The molecule has 0 unspecified atom stereocenters. The summed E-state index contributed by atoms with van der Waals surface area (Å²) in [5.74, 6) is -6.25. The first-order chi connectivity index (χ1) is 57.6. The standard InChI is InChI=1S/C101H82B3F8N7O3/c1-49-28-78-87-80(30-49)117(92-67(107)37-55(38-68(92)108)99(10,11)12)76-46-75-61(44-62(76)103(87)95-90(59-34-52(48-113)20-26-83(59)121-95)115(78)73-24-21-53(35-65(73)105)97(4,5)6)102-64-45-63-77(47-85(64)120-86-33-51(3)32-82(89(86)102)118(75)93-69(109)39-56(40-70(93)110)100(13,14)15)119(94-71(111)41-57(42-72(94)112)101(16,17)18)81-31-50(2)29-79-88(81)104(63)96-91(60-43-58(114-19)23-27-84(60)122-96)116(79)74-25-22-54(36-66(74)106)98(7,8)9/h20-47H,1-18H3. The maximum atomic E-state index is 18.6. The van der Waals surface area contributed by atoms with Gasteiger partial charge in [0.05, 0.1) is 52.3 Å². The Morgan fingerprint density at radius 2 is 0.664 bits per heavy atom. The molecule has 14 aromatic rings. The van der Waals surface area contributed by atoms with Crippen LogP contribution < -0.4 is 78.8 Å². The number of hydrogen-bond acceptors (Lipinski definition) is 9. The van der Waals surface area contributed by atoms with E-state index in [1.54, 1.807) is 75.4 Å². The fraction of sp³-hybridized carbons (Fsp3) is 0.228. The smallest absolute Gasteiger partial charge is 0.297 e. The van der Waals surface area contributed by atoms with Gasteiger partial charge < -0.3 is 38.1 Å². The Morgan fingerprint density at radius 1 is 0.320 bits per heavy atom. The predicted molar refractivity (Wildman–Crippen MR) is 478 cm³/mol. The predicted octanol–water partition coefficient (Wildman–Crippen LogP) is 22.7. The molecule has 10 nitrogen and oxygen atoms in total. The zero-order chi connectivity index (χ0) is 86.2. The molecule has 0 saturated carbocycles. The summed E-state index contributed by atoms with van der Waals surface area (Å²) in [4.78, 5) is 12.0. The molecule has 8 heterocycles. The second-order valence-corrected chi connectivity index (χ2v) is 38.8. The Kier molecular flexibility index (Phi) is 16.6. The van der Waals surface area contributed by atoms with Crippen LogP contribution in [0, 0.1) is 85.2 Å². The molecular formula is C101H82B3F8N7O3. The van der Waals surface area contributed by atoms with Gasteiger partial charge in [-0.3, -0.25) is 0 Å². The van der Waals surface area contributed by atoms with E-state index in [2.05, 4.69) is 10.9 Å². The van der Waals surface area contributed by atoms with E-state index < -0.39 is 111 Å². The molecule has 0 aliphatic carbocycles. The molecule has 0 amide bonds. The van der Waals surface area contributed by atoms with Crippen molar-refractivity contribution >= 4 is 183 Å². The lowest BCUT2D eigenvalue weighted by molar-refractivity contribution is 0.487. The summed E-state index contributed by atoms with van der Waals surface area (Å²) in [6.07, 6.45) is 0. The molecule has 604 valence electrons. The van der Waals surface area contributed by atoms with Gasteiger partial charge in [0.2, 0.25) is 0 Å². The Hall–Kier alpha value is -12.9. The van der Waals surface area contributed by atoms with Crippen molar-refractivity contribution in [2.75, 3.05) is 24.5 Å². The SMILES string of the molecule is [C-]#[N+]c1ccc2oc3c(c2c1)N(c1ccc(C(C)(C)C)cc1F)c1cc(C)cc2c1B3c1cc3c(cc1N2c1c(F)cc(C(C)(C)C)cc1F)Oc1cc(C)cc2c1B3c1cc3c(cc1N2c1c(F)cc(C(C)(C)C)cc1F)N(c1c(F)cc(C(C)(C)C)cc1F)c1cc(C)cc2c1B3c1oc3ccc(C#N)cc3c1N2c1ccc(C(C)(C)C)cc1F. The first kappa shape index (κ1) is 77.7. The normalized spacial score (nSPS) is 14.2. The van der Waals surface area contributed by atoms with Gasteiger partial charge in [-0.1, -0.05) is 134 Å². The van der Waals surface area contributed by atoms with Crippen molar-refractivity contribution in [2.45, 2.75) is 152 Å². The minimum absolute atomic E-state index is 0.107. The Balaban J connectivity index is 0.930. The van der Waals surface area contributed by atoms with Gasteiger partial charge in [0.25, 0.3) is 20.1 Å². The first-order valence-electron chi connectivity index (χ1n) is 41.0. The lowest BCUT2D eigenvalue weighted by Gasteiger charge is -2.46. The van der Waals surface area contributed by atoms with E-state index in [0.29, 0.717) is 133 Å². The third kappa shape index (κ3) is 11.4. The summed E-state index contributed by atoms with van der Waals surface area (Å²) in [5.41, 5.74) is 7.80. The van der Waals surface area contributed by atoms with Crippen molar-refractivity contribution in [3.8, 4) is 17.6 Å². The number of ether oxygens (including phenoxy) is 1. The molecule has 6 aliphatic rings. The van der Waals surface area contributed by atoms with E-state index >= 15 is 35.1 Å². The second kappa shape index (κ2) is 26.1. The zero-order valence-corrected chi connectivity index (χ0v) is 70.8. The average Bonchev–Trinajstić information content (AvgIpc) is 1.22. The van der Waals surface area contributed by atoms with Crippen molar-refractivity contribution in [1.29, 1.82) is 5.26 Å². The Morgan fingerprint density at radius 3 is 1.05 bits per heavy atom. The van der Waals surface area contributed by atoms with Gasteiger partial charge in [0.15, 0.2) is 40.6 Å². The number of benzene rings is 12. The molecule has 12 aromatic carbocycles. The molecule has 0 saturated heterocycles. The van der Waals surface area contributed by atoms with E-state index in [-0.39, 0.29) is 68.2 Å². The van der Waals surface area contributed by atoms with Gasteiger partial charge in [-0.25, -0.2) is 40.0 Å². The lowest BCUT2D eigenvalue weighted by Crippen LogP contribution is -2.66. The van der Waals surface area contributed by atoms with E-state index in [4.69, 9.17) is 20.1 Å². The third-order valence-corrected chi connectivity index (χ3v) is 25.4. The molecule has 122 heavy (non-hydrogen) atoms. The molecule has 0 fully saturated rings. The molecule has 6 aliphatic heterocycles. The van der Waals surface area contributed by atoms with Crippen molar-refractivity contribution < 1.29 is 48.7 Å². The van der Waals surface area contributed by atoms with Crippen molar-refractivity contribution in [3.05, 3.63) is 278 Å². The highest BCUT2D eigenvalue weighted by Gasteiger charge is 2.55. The molecule has 0 spiro atoms. The number of fused-ring (bicyclic) bond motifs is 16. The van der Waals surface area contributed by atoms with Gasteiger partial charge in [-0.15, -0.1) is 0 Å². The summed E-state index contributed by atoms with van der Waals surface area (Å²) < 4.78 is 170. The summed E-state index contributed by atoms with van der Waals surface area (Å²) >= 11 is 0. The van der Waals surface area contributed by atoms with Gasteiger partial charge in [0, 0.05) is 62.3 Å². The topological polar surface area (TPSA) is 79.9 Å². The molecule has 0 radical (unpaired) electrons. The molecule has 2 aromatic heterocycles. The summed E-state index contributed by atoms with van der Waals surface area (Å²) in [5, 5.41) is 11.7. The molecule has 20 rings (SSSR count). The molecule has 21 heteroatoms. The zero-order valence-electron chi connectivity index (χ0n) is 70.8. The van der Waals surface area contributed by atoms with Crippen LogP contribution in [0.4, 0.5) is 126 Å². The maximum absolute atomic E-state index is 18.6. The minimum atomic E-state index is -1.08. The van der Waals surface area contributed by atoms with E-state index in [9.17, 15) is 5.26 Å². The first-order valence-corrected chi connectivity index (χ1v) is 41.0. The monoisotopic (exact) mass is 1630 g/mol. The number of anilines is 15. The number of nitriles is 1. The fourth-order valence-electron chi connectivity index (χ4n) is 19.4. The second-order valence-electron chi connectivity index (χ2n) is 38.8. The fourth-order valence-corrected chi connectivity index (χ4v) is 19.4. The van der Waals surface area contributed by atoms with Crippen molar-refractivity contribution in [3.63, 3.8) is 0 Å². The maximum Gasteiger partial charge on any atom is 0.297 e. The van der Waals surface area contributed by atoms with Crippen LogP contribution in [-0.2, 0) is 27.1 Å². The highest BCUT2D eigenvalue weighted by Crippen LogP contribution is 2.56. The summed E-state index contributed by atoms with van der Waals surface area (Å²) in [7, 11) is 0. The molecule has 0 atom stereocenters. The van der Waals surface area contributed by atoms with Gasteiger partial charge >= 0.3 is 0 Å². The van der Waals surface area contributed by atoms with Crippen LogP contribution in [0.1, 0.15) is 154 Å². The number of nitrogens with zero attached hydrogens (tertiary/aromatic N) is 7. The average molecular weight is 1630 g/mol. The van der Waals surface area contributed by atoms with Crippen LogP contribution in [0.15, 0.2) is 179 Å². The van der Waals surface area contributed by atoms with Gasteiger partial charge in [-0.05, 0) is 264 Å². The van der Waals surface area contributed by atoms with Crippen molar-refractivity contribution in [1.82, 2.24) is 0 Å². The van der Waals surface area contributed by atoms with E-state index in [1.807, 2.05) is 185 Å². The Labute approximate surface area is 704 Å².